The molecule has 1 aromatic heterocycles. The zero-order valence-electron chi connectivity index (χ0n) is 20.5. The molecule has 5 nitrogen and oxygen atoms in total. The Hall–Kier alpha value is -3.91. The highest BCUT2D eigenvalue weighted by molar-refractivity contribution is 5.93. The van der Waals surface area contributed by atoms with Crippen molar-refractivity contribution in [3.05, 3.63) is 88.1 Å². The Morgan fingerprint density at radius 2 is 1.97 bits per heavy atom. The number of nitrogens with one attached hydrogen (secondary N) is 1. The van der Waals surface area contributed by atoms with Crippen molar-refractivity contribution in [2.75, 3.05) is 13.1 Å². The molecule has 3 unspecified atom stereocenters. The number of carbonyl (C=O) groups excluding carboxylic acids is 1. The first-order chi connectivity index (χ1) is 17.6. The number of hydrogen-bond donors (Lipinski definition) is 1. The summed E-state index contributed by atoms with van der Waals surface area (Å²) in [6, 6.07) is 18.8. The van der Waals surface area contributed by atoms with Gasteiger partial charge >= 0.3 is 0 Å². The Balaban J connectivity index is 1.23. The molecule has 5 heteroatoms. The Morgan fingerprint density at radius 3 is 2.75 bits per heavy atom. The molecule has 3 atom stereocenters. The number of benzene rings is 2. The van der Waals surface area contributed by atoms with Crippen molar-refractivity contribution < 1.29 is 4.79 Å². The fraction of sp³-hybridized carbons (Fsp3) is 0.323. The number of pyridine rings is 1. The first-order valence-corrected chi connectivity index (χ1v) is 12.9. The molecule has 1 saturated heterocycles. The van der Waals surface area contributed by atoms with Crippen LogP contribution < -0.4 is 15.8 Å². The predicted octanol–water partition coefficient (Wildman–Crippen LogP) is 3.79. The first-order valence-electron chi connectivity index (χ1n) is 12.9. The van der Waals surface area contributed by atoms with Gasteiger partial charge in [0.2, 0.25) is 0 Å². The van der Waals surface area contributed by atoms with Gasteiger partial charge in [0.15, 0.2) is 0 Å². The minimum absolute atomic E-state index is 0.0978. The van der Waals surface area contributed by atoms with Crippen LogP contribution in [0.1, 0.15) is 53.6 Å². The zero-order chi connectivity index (χ0) is 24.6. The molecule has 1 N–H and O–H groups in total. The molecule has 3 aromatic rings. The Bertz CT molecular complexity index is 1460. The van der Waals surface area contributed by atoms with Gasteiger partial charge in [-0.15, -0.1) is 0 Å². The van der Waals surface area contributed by atoms with Crippen molar-refractivity contribution in [1.82, 2.24) is 15.2 Å². The molecule has 1 amide bonds. The van der Waals surface area contributed by atoms with E-state index >= 15 is 0 Å². The van der Waals surface area contributed by atoms with E-state index in [0.717, 1.165) is 31.5 Å². The number of carbonyl (C=O) groups is 1. The predicted molar refractivity (Wildman–Crippen MR) is 141 cm³/mol. The lowest BCUT2D eigenvalue weighted by Crippen LogP contribution is -2.40. The van der Waals surface area contributed by atoms with Crippen LogP contribution in [0, 0.1) is 23.2 Å². The number of nitrogens with zero attached hydrogens (tertiary/aromatic N) is 3. The summed E-state index contributed by atoms with van der Waals surface area (Å²) >= 11 is 0. The van der Waals surface area contributed by atoms with Gasteiger partial charge < -0.3 is 10.2 Å². The van der Waals surface area contributed by atoms with Crippen LogP contribution in [-0.4, -0.2) is 34.9 Å². The number of likely N-dealkylation sites (tertiary alicyclic amines) is 1. The van der Waals surface area contributed by atoms with Gasteiger partial charge in [-0.3, -0.25) is 9.78 Å². The molecule has 0 radical (unpaired) electrons. The number of nitriles is 1. The van der Waals surface area contributed by atoms with Crippen LogP contribution >= 0.6 is 0 Å². The van der Waals surface area contributed by atoms with Gasteiger partial charge in [-0.1, -0.05) is 24.3 Å². The molecule has 2 fully saturated rings. The Morgan fingerprint density at radius 1 is 1.11 bits per heavy atom. The van der Waals surface area contributed by atoms with Crippen LogP contribution in [0.15, 0.2) is 60.9 Å². The highest BCUT2D eigenvalue weighted by atomic mass is 16.2. The van der Waals surface area contributed by atoms with Gasteiger partial charge in [-0.05, 0) is 96.2 Å². The third kappa shape index (κ3) is 4.28. The fourth-order valence-electron chi connectivity index (χ4n) is 6.07. The van der Waals surface area contributed by atoms with Crippen molar-refractivity contribution in [1.29, 1.82) is 5.26 Å². The number of hydrogen-bond acceptors (Lipinski definition) is 4. The lowest BCUT2D eigenvalue weighted by molar-refractivity contribution is 0.0679. The number of aromatic nitrogens is 1. The largest absolute Gasteiger partial charge is 0.384 e. The lowest BCUT2D eigenvalue weighted by atomic mass is 9.88. The van der Waals surface area contributed by atoms with Crippen LogP contribution in [-0.2, 0) is 0 Å². The topological polar surface area (TPSA) is 69.0 Å². The second-order valence-electron chi connectivity index (χ2n) is 10.4. The van der Waals surface area contributed by atoms with E-state index < -0.39 is 0 Å². The summed E-state index contributed by atoms with van der Waals surface area (Å²) < 4.78 is 0. The summed E-state index contributed by atoms with van der Waals surface area (Å²) in [5, 5.41) is 15.5. The SMILES string of the molecule is CC1C=c2cc(-c3cccc(C#N)c3)cc(C3CC3C3CCN(C(=O)c4cccnc4)CC3)c2=CN1. The monoisotopic (exact) mass is 474 g/mol. The maximum atomic E-state index is 12.8. The van der Waals surface area contributed by atoms with Crippen molar-refractivity contribution in [3.8, 4) is 17.2 Å². The molecule has 2 aromatic carbocycles. The Kier molecular flexibility index (Phi) is 5.81. The van der Waals surface area contributed by atoms with E-state index in [1.165, 1.54) is 28.0 Å². The highest BCUT2D eigenvalue weighted by Gasteiger charge is 2.45. The van der Waals surface area contributed by atoms with Crippen LogP contribution in [0.25, 0.3) is 23.4 Å². The van der Waals surface area contributed by atoms with E-state index in [1.807, 2.05) is 35.2 Å². The van der Waals surface area contributed by atoms with Gasteiger partial charge in [0.25, 0.3) is 5.91 Å². The van der Waals surface area contributed by atoms with E-state index in [4.69, 9.17) is 0 Å². The summed E-state index contributed by atoms with van der Waals surface area (Å²) in [5.74, 6) is 1.95. The quantitative estimate of drug-likeness (QED) is 0.625. The van der Waals surface area contributed by atoms with E-state index in [-0.39, 0.29) is 5.91 Å². The minimum atomic E-state index is 0.0978. The molecule has 3 heterocycles. The molecule has 36 heavy (non-hydrogen) atoms. The summed E-state index contributed by atoms with van der Waals surface area (Å²) in [5.41, 5.74) is 5.06. The first kappa shape index (κ1) is 22.5. The number of rotatable bonds is 4. The van der Waals surface area contributed by atoms with Crippen LogP contribution in [0.4, 0.5) is 0 Å². The molecule has 2 aliphatic heterocycles. The average Bonchev–Trinajstić information content (AvgIpc) is 3.73. The maximum absolute atomic E-state index is 12.8. The van der Waals surface area contributed by atoms with E-state index in [1.54, 1.807) is 12.4 Å². The summed E-state index contributed by atoms with van der Waals surface area (Å²) in [7, 11) is 0. The number of amides is 1. The molecular formula is C31H30N4O. The Labute approximate surface area is 211 Å². The molecule has 0 spiro atoms. The minimum Gasteiger partial charge on any atom is -0.384 e. The standard InChI is InChI=1S/C31H30N4O/c1-20-12-26-14-25(23-5-2-4-21(13-23)17-32)15-28(30(26)19-34-20)29-16-27(29)22-7-10-35(11-8-22)31(36)24-6-3-9-33-18-24/h2-6,9,12-15,18-20,22,27,29,34H,7-8,10-11,16H2,1H3. The fourth-order valence-corrected chi connectivity index (χ4v) is 6.07. The van der Waals surface area contributed by atoms with Gasteiger partial charge in [-0.2, -0.15) is 5.26 Å². The molecule has 0 bridgehead atoms. The van der Waals surface area contributed by atoms with Crippen molar-refractivity contribution in [2.45, 2.75) is 38.1 Å². The van der Waals surface area contributed by atoms with E-state index in [0.29, 0.717) is 34.9 Å². The third-order valence-corrected chi connectivity index (χ3v) is 8.07. The smallest absolute Gasteiger partial charge is 0.255 e. The number of fused-ring (bicyclic) bond motifs is 1. The summed E-state index contributed by atoms with van der Waals surface area (Å²) in [6.45, 7) is 3.81. The van der Waals surface area contributed by atoms with E-state index in [9.17, 15) is 10.1 Å². The summed E-state index contributed by atoms with van der Waals surface area (Å²) in [4.78, 5) is 18.9. The maximum Gasteiger partial charge on any atom is 0.255 e. The second kappa shape index (κ2) is 9.28. The molecule has 1 saturated carbocycles. The second-order valence-corrected chi connectivity index (χ2v) is 10.4. The van der Waals surface area contributed by atoms with Crippen molar-refractivity contribution >= 4 is 18.2 Å². The van der Waals surface area contributed by atoms with Crippen molar-refractivity contribution in [3.63, 3.8) is 0 Å². The lowest BCUT2D eigenvalue weighted by Gasteiger charge is -2.32. The third-order valence-electron chi connectivity index (χ3n) is 8.07. The normalized spacial score (nSPS) is 22.9. The van der Waals surface area contributed by atoms with Crippen molar-refractivity contribution in [2.24, 2.45) is 11.8 Å². The van der Waals surface area contributed by atoms with Gasteiger partial charge in [-0.25, -0.2) is 0 Å². The average molecular weight is 475 g/mol. The molecular weight excluding hydrogens is 444 g/mol. The molecule has 3 aliphatic rings. The summed E-state index contributed by atoms with van der Waals surface area (Å²) in [6.07, 6.45) is 11.2. The molecule has 1 aliphatic carbocycles. The van der Waals surface area contributed by atoms with Gasteiger partial charge in [0, 0.05) is 42.9 Å². The molecule has 6 rings (SSSR count). The zero-order valence-corrected chi connectivity index (χ0v) is 20.5. The van der Waals surface area contributed by atoms with Crippen LogP contribution in [0.3, 0.4) is 0 Å². The van der Waals surface area contributed by atoms with Crippen LogP contribution in [0.5, 0.6) is 0 Å². The van der Waals surface area contributed by atoms with E-state index in [2.05, 4.69) is 53.8 Å². The van der Waals surface area contributed by atoms with Gasteiger partial charge in [0.1, 0.15) is 0 Å². The van der Waals surface area contributed by atoms with Gasteiger partial charge in [0.05, 0.1) is 17.2 Å². The highest BCUT2D eigenvalue weighted by Crippen LogP contribution is 2.53. The van der Waals surface area contributed by atoms with Crippen LogP contribution in [0.2, 0.25) is 0 Å². The number of piperidine rings is 1. The molecule has 180 valence electrons.